The summed E-state index contributed by atoms with van der Waals surface area (Å²) in [6.45, 7) is 4.22. The first-order chi connectivity index (χ1) is 15.8. The van der Waals surface area contributed by atoms with Gasteiger partial charge in [-0.25, -0.2) is 4.68 Å². The molecule has 1 N–H and O–H groups in total. The Morgan fingerprint density at radius 1 is 1.06 bits per heavy atom. The Hall–Kier alpha value is -3.32. The Bertz CT molecular complexity index is 1280. The Kier molecular flexibility index (Phi) is 5.16. The summed E-state index contributed by atoms with van der Waals surface area (Å²) in [6, 6.07) is 12.7. The SMILES string of the molecule is COc1ccc([C@H]2C3=C(CC(C)(C)CC3=O)Nc3nc(-c4ccc(Cl)cc4)nn32)cc1OC. The maximum Gasteiger partial charge on any atom is 0.226 e. The molecular weight excluding hydrogens is 440 g/mol. The molecule has 33 heavy (non-hydrogen) atoms. The van der Waals surface area contributed by atoms with Gasteiger partial charge in [-0.3, -0.25) is 4.79 Å². The normalized spacial score (nSPS) is 18.9. The minimum atomic E-state index is -0.423. The molecular formula is C25H25ClN4O3. The highest BCUT2D eigenvalue weighted by Gasteiger charge is 2.42. The maximum atomic E-state index is 13.4. The lowest BCUT2D eigenvalue weighted by Crippen LogP contribution is -2.36. The van der Waals surface area contributed by atoms with Crippen LogP contribution in [0.25, 0.3) is 11.4 Å². The summed E-state index contributed by atoms with van der Waals surface area (Å²) < 4.78 is 12.7. The van der Waals surface area contributed by atoms with Gasteiger partial charge in [0.1, 0.15) is 6.04 Å². The molecule has 0 radical (unpaired) electrons. The van der Waals surface area contributed by atoms with E-state index < -0.39 is 6.04 Å². The second kappa shape index (κ2) is 7.92. The molecule has 0 amide bonds. The molecule has 2 heterocycles. The number of anilines is 1. The molecule has 1 aliphatic carbocycles. The van der Waals surface area contributed by atoms with Crippen LogP contribution in [0.5, 0.6) is 11.5 Å². The van der Waals surface area contributed by atoms with Crippen molar-refractivity contribution in [2.45, 2.75) is 32.7 Å². The summed E-state index contributed by atoms with van der Waals surface area (Å²) in [5, 5.41) is 8.86. The first-order valence-corrected chi connectivity index (χ1v) is 11.1. The van der Waals surface area contributed by atoms with E-state index >= 15 is 0 Å². The Labute approximate surface area is 197 Å². The predicted molar refractivity (Wildman–Crippen MR) is 127 cm³/mol. The lowest BCUT2D eigenvalue weighted by molar-refractivity contribution is -0.118. The van der Waals surface area contributed by atoms with Crippen LogP contribution in [0.1, 0.15) is 38.3 Å². The third-order valence-electron chi connectivity index (χ3n) is 6.16. The minimum absolute atomic E-state index is 0.114. The first-order valence-electron chi connectivity index (χ1n) is 10.8. The van der Waals surface area contributed by atoms with Gasteiger partial charge in [0, 0.05) is 28.3 Å². The van der Waals surface area contributed by atoms with Crippen LogP contribution in [0.15, 0.2) is 53.7 Å². The van der Waals surface area contributed by atoms with Crippen molar-refractivity contribution in [2.75, 3.05) is 19.5 Å². The van der Waals surface area contributed by atoms with E-state index in [2.05, 4.69) is 19.2 Å². The second-order valence-electron chi connectivity index (χ2n) is 9.19. The minimum Gasteiger partial charge on any atom is -0.493 e. The van der Waals surface area contributed by atoms with E-state index in [-0.39, 0.29) is 11.2 Å². The van der Waals surface area contributed by atoms with Gasteiger partial charge in [0.2, 0.25) is 5.95 Å². The third kappa shape index (κ3) is 3.76. The van der Waals surface area contributed by atoms with E-state index in [1.807, 2.05) is 42.5 Å². The van der Waals surface area contributed by atoms with Crippen molar-refractivity contribution in [3.8, 4) is 22.9 Å². The molecule has 1 atom stereocenters. The third-order valence-corrected chi connectivity index (χ3v) is 6.41. The van der Waals surface area contributed by atoms with Crippen LogP contribution in [0.2, 0.25) is 5.02 Å². The molecule has 0 fully saturated rings. The Balaban J connectivity index is 1.68. The van der Waals surface area contributed by atoms with Gasteiger partial charge in [-0.1, -0.05) is 31.5 Å². The van der Waals surface area contributed by atoms with E-state index in [1.165, 1.54) is 0 Å². The van der Waals surface area contributed by atoms with Gasteiger partial charge in [-0.05, 0) is 53.8 Å². The van der Waals surface area contributed by atoms with E-state index in [0.717, 1.165) is 28.8 Å². The molecule has 2 aliphatic rings. The van der Waals surface area contributed by atoms with Crippen molar-refractivity contribution in [2.24, 2.45) is 5.41 Å². The maximum absolute atomic E-state index is 13.4. The van der Waals surface area contributed by atoms with Crippen LogP contribution in [0.4, 0.5) is 5.95 Å². The fraction of sp³-hybridized carbons (Fsp3) is 0.320. The lowest BCUT2D eigenvalue weighted by atomic mass is 9.73. The Morgan fingerprint density at radius 3 is 2.48 bits per heavy atom. The number of nitrogens with one attached hydrogen (secondary N) is 1. The van der Waals surface area contributed by atoms with Crippen molar-refractivity contribution < 1.29 is 14.3 Å². The molecule has 3 aromatic rings. The molecule has 0 saturated carbocycles. The highest BCUT2D eigenvalue weighted by Crippen LogP contribution is 2.46. The smallest absolute Gasteiger partial charge is 0.226 e. The zero-order valence-corrected chi connectivity index (χ0v) is 19.7. The van der Waals surface area contributed by atoms with Crippen LogP contribution < -0.4 is 14.8 Å². The highest BCUT2D eigenvalue weighted by molar-refractivity contribution is 6.30. The van der Waals surface area contributed by atoms with Crippen molar-refractivity contribution in [1.29, 1.82) is 0 Å². The van der Waals surface area contributed by atoms with Crippen molar-refractivity contribution in [1.82, 2.24) is 14.8 Å². The average molecular weight is 465 g/mol. The predicted octanol–water partition coefficient (Wildman–Crippen LogP) is 5.27. The zero-order chi connectivity index (χ0) is 23.3. The topological polar surface area (TPSA) is 78.3 Å². The number of rotatable bonds is 4. The van der Waals surface area contributed by atoms with Crippen molar-refractivity contribution >= 4 is 23.3 Å². The molecule has 0 saturated heterocycles. The highest BCUT2D eigenvalue weighted by atomic mass is 35.5. The number of ether oxygens (including phenoxy) is 2. The molecule has 1 aromatic heterocycles. The zero-order valence-electron chi connectivity index (χ0n) is 19.0. The standard InChI is InChI=1S/C25H25ClN4O3/c1-25(2)12-17-21(18(31)13-25)22(15-7-10-19(32-3)20(11-15)33-4)30-24(27-17)28-23(29-30)14-5-8-16(26)9-6-14/h5-11,22H,12-13H2,1-4H3,(H,27,28,29)/t22-/m0/s1. The van der Waals surface area contributed by atoms with E-state index in [0.29, 0.717) is 34.7 Å². The van der Waals surface area contributed by atoms with Gasteiger partial charge in [0.25, 0.3) is 0 Å². The van der Waals surface area contributed by atoms with Gasteiger partial charge < -0.3 is 14.8 Å². The summed E-state index contributed by atoms with van der Waals surface area (Å²) in [6.07, 6.45) is 1.23. The number of hydrogen-bond donors (Lipinski definition) is 1. The number of benzene rings is 2. The summed E-state index contributed by atoms with van der Waals surface area (Å²) in [5.74, 6) is 2.50. The number of halogens is 1. The molecule has 0 unspecified atom stereocenters. The van der Waals surface area contributed by atoms with Crippen molar-refractivity contribution in [3.05, 3.63) is 64.3 Å². The molecule has 8 heteroatoms. The quantitative estimate of drug-likeness (QED) is 0.566. The fourth-order valence-electron chi connectivity index (χ4n) is 4.66. The van der Waals surface area contributed by atoms with Crippen LogP contribution in [0, 0.1) is 5.41 Å². The summed E-state index contributed by atoms with van der Waals surface area (Å²) >= 11 is 6.06. The van der Waals surface area contributed by atoms with Gasteiger partial charge in [-0.2, -0.15) is 4.98 Å². The number of allylic oxidation sites excluding steroid dienone is 2. The van der Waals surface area contributed by atoms with Crippen LogP contribution in [-0.2, 0) is 4.79 Å². The summed E-state index contributed by atoms with van der Waals surface area (Å²) in [4.78, 5) is 18.2. The van der Waals surface area contributed by atoms with Gasteiger partial charge in [-0.15, -0.1) is 5.10 Å². The molecule has 2 aromatic carbocycles. The first kappa shape index (κ1) is 21.5. The number of aromatic nitrogens is 3. The summed E-state index contributed by atoms with van der Waals surface area (Å²) in [7, 11) is 3.20. The molecule has 7 nitrogen and oxygen atoms in total. The van der Waals surface area contributed by atoms with Gasteiger partial charge in [0.05, 0.1) is 14.2 Å². The lowest BCUT2D eigenvalue weighted by Gasteiger charge is -2.38. The number of fused-ring (bicyclic) bond motifs is 1. The largest absolute Gasteiger partial charge is 0.493 e. The fourth-order valence-corrected chi connectivity index (χ4v) is 4.79. The number of hydrogen-bond acceptors (Lipinski definition) is 6. The molecule has 0 bridgehead atoms. The van der Waals surface area contributed by atoms with Crippen LogP contribution >= 0.6 is 11.6 Å². The number of ketones is 1. The number of nitrogens with zero attached hydrogens (tertiary/aromatic N) is 3. The monoisotopic (exact) mass is 464 g/mol. The van der Waals surface area contributed by atoms with E-state index in [1.54, 1.807) is 18.9 Å². The molecule has 1 aliphatic heterocycles. The number of carbonyl (C=O) groups is 1. The average Bonchev–Trinajstić information content (AvgIpc) is 3.20. The van der Waals surface area contributed by atoms with E-state index in [4.69, 9.17) is 31.2 Å². The Morgan fingerprint density at radius 2 is 1.79 bits per heavy atom. The number of carbonyl (C=O) groups excluding carboxylic acids is 1. The number of Topliss-reactive ketones (excluding diaryl/α,β-unsaturated/α-hetero) is 1. The molecule has 170 valence electrons. The van der Waals surface area contributed by atoms with Crippen molar-refractivity contribution in [3.63, 3.8) is 0 Å². The second-order valence-corrected chi connectivity index (χ2v) is 9.62. The summed E-state index contributed by atoms with van der Waals surface area (Å²) in [5.41, 5.74) is 3.22. The van der Waals surface area contributed by atoms with Crippen LogP contribution in [-0.4, -0.2) is 34.8 Å². The van der Waals surface area contributed by atoms with Gasteiger partial charge in [0.15, 0.2) is 23.1 Å². The van der Waals surface area contributed by atoms with E-state index in [9.17, 15) is 4.79 Å². The van der Waals surface area contributed by atoms with Gasteiger partial charge >= 0.3 is 0 Å². The molecule has 0 spiro atoms. The molecule has 5 rings (SSSR count). The van der Waals surface area contributed by atoms with Crippen LogP contribution in [0.3, 0.4) is 0 Å². The number of methoxy groups -OCH3 is 2.